The lowest BCUT2D eigenvalue weighted by Crippen LogP contribution is -2.57. The molecule has 18 heteroatoms. The van der Waals surface area contributed by atoms with Crippen LogP contribution in [0.1, 0.15) is 93.0 Å². The number of hydrogen-bond donors (Lipinski definition) is 2. The fourth-order valence-corrected chi connectivity index (χ4v) is 9.76. The van der Waals surface area contributed by atoms with Crippen LogP contribution in [0.4, 0.5) is 24.5 Å². The molecule has 1 unspecified atom stereocenters. The highest BCUT2D eigenvalue weighted by Crippen LogP contribution is 2.40. The number of nitrogens with zero attached hydrogens (tertiary/aromatic N) is 5. The number of rotatable bonds is 16. The first-order valence-corrected chi connectivity index (χ1v) is 24.1. The molecule has 7 rings (SSSR count). The Balaban J connectivity index is 0.855. The van der Waals surface area contributed by atoms with Crippen LogP contribution in [0, 0.1) is 23.7 Å². The number of ether oxygens (including phenoxy) is 2. The minimum absolute atomic E-state index is 0.00659. The Morgan fingerprint density at radius 1 is 0.929 bits per heavy atom. The molecule has 70 heavy (non-hydrogen) atoms. The summed E-state index contributed by atoms with van der Waals surface area (Å²) < 4.78 is 53.1. The van der Waals surface area contributed by atoms with E-state index in [9.17, 15) is 37.6 Å². The van der Waals surface area contributed by atoms with E-state index in [-0.39, 0.29) is 22.6 Å². The van der Waals surface area contributed by atoms with Crippen molar-refractivity contribution in [2.45, 2.75) is 97.6 Å². The van der Waals surface area contributed by atoms with Gasteiger partial charge in [-0.1, -0.05) is 45.0 Å². The minimum Gasteiger partial charge on any atom is -0.494 e. The number of amides is 4. The summed E-state index contributed by atoms with van der Waals surface area (Å²) in [5.41, 5.74) is 2.01. The molecule has 0 radical (unpaired) electrons. The number of nitrogens with one attached hydrogen (secondary N) is 2. The summed E-state index contributed by atoms with van der Waals surface area (Å²) in [6.07, 6.45) is -2.29. The lowest BCUT2D eigenvalue weighted by atomic mass is 9.85. The SMILES string of the molecule is Cc1ncsc1-c1ccc(CNC(=O)[C@@H]2CCCN2C(=O)C(NC(=O)c2ccc(OCCCCOc3ccc(N4C(=S)N(c5ccc(C#N)c(C(F)(F)F)c5)C(=O)C4(C)C)cc3)cc2)C(C)(C)C)cc1. The molecule has 3 heterocycles. The van der Waals surface area contributed by atoms with Gasteiger partial charge in [-0.15, -0.1) is 11.3 Å². The Bertz CT molecular complexity index is 2780. The summed E-state index contributed by atoms with van der Waals surface area (Å²) >= 11 is 7.22. The Hall–Kier alpha value is -6.84. The van der Waals surface area contributed by atoms with Crippen molar-refractivity contribution in [3.8, 4) is 28.0 Å². The van der Waals surface area contributed by atoms with Crippen LogP contribution in [0.25, 0.3) is 10.4 Å². The average molecular weight is 994 g/mol. The molecular formula is C52H54F3N7O6S2. The summed E-state index contributed by atoms with van der Waals surface area (Å²) in [4.78, 5) is 64.3. The van der Waals surface area contributed by atoms with E-state index < -0.39 is 52.2 Å². The van der Waals surface area contributed by atoms with Crippen molar-refractivity contribution in [2.24, 2.45) is 5.41 Å². The molecule has 2 atom stereocenters. The number of anilines is 2. The predicted molar refractivity (Wildman–Crippen MR) is 265 cm³/mol. The van der Waals surface area contributed by atoms with E-state index in [1.54, 1.807) is 89.6 Å². The molecule has 0 saturated carbocycles. The first kappa shape index (κ1) is 51.0. The molecule has 2 aliphatic heterocycles. The number of carbonyl (C=O) groups is 4. The highest BCUT2D eigenvalue weighted by molar-refractivity contribution is 7.81. The van der Waals surface area contributed by atoms with Crippen molar-refractivity contribution in [3.05, 3.63) is 124 Å². The van der Waals surface area contributed by atoms with Gasteiger partial charge >= 0.3 is 6.18 Å². The molecule has 2 fully saturated rings. The number of benzene rings is 4. The molecule has 0 aliphatic carbocycles. The third-order valence-corrected chi connectivity index (χ3v) is 13.6. The maximum absolute atomic E-state index is 14.1. The van der Waals surface area contributed by atoms with Crippen LogP contribution in [0.2, 0.25) is 0 Å². The van der Waals surface area contributed by atoms with Gasteiger partial charge in [0.15, 0.2) is 5.11 Å². The molecule has 4 aromatic carbocycles. The van der Waals surface area contributed by atoms with E-state index in [4.69, 9.17) is 21.7 Å². The fourth-order valence-electron chi connectivity index (χ4n) is 8.43. The third kappa shape index (κ3) is 11.3. The number of hydrogen-bond acceptors (Lipinski definition) is 10. The molecule has 366 valence electrons. The van der Waals surface area contributed by atoms with E-state index in [2.05, 4.69) is 15.6 Å². The lowest BCUT2D eigenvalue weighted by molar-refractivity contribution is -0.141. The molecule has 13 nitrogen and oxygen atoms in total. The molecule has 0 spiro atoms. The zero-order valence-corrected chi connectivity index (χ0v) is 41.3. The number of thiocarbonyl (C=S) groups is 1. The highest BCUT2D eigenvalue weighted by Gasteiger charge is 2.51. The van der Waals surface area contributed by atoms with Gasteiger partial charge in [-0.3, -0.25) is 24.1 Å². The highest BCUT2D eigenvalue weighted by atomic mass is 32.1. The van der Waals surface area contributed by atoms with E-state index in [1.807, 2.05) is 57.5 Å². The van der Waals surface area contributed by atoms with Gasteiger partial charge in [0.2, 0.25) is 11.8 Å². The van der Waals surface area contributed by atoms with Gasteiger partial charge in [0.1, 0.15) is 29.1 Å². The second-order valence-electron chi connectivity index (χ2n) is 18.7. The van der Waals surface area contributed by atoms with Crippen LogP contribution in [-0.2, 0) is 27.1 Å². The number of halogens is 3. The molecule has 5 aromatic rings. The fraction of sp³-hybridized carbons (Fsp3) is 0.365. The smallest absolute Gasteiger partial charge is 0.417 e. The zero-order valence-electron chi connectivity index (χ0n) is 39.7. The Labute approximate surface area is 414 Å². The normalized spacial score (nSPS) is 16.2. The van der Waals surface area contributed by atoms with E-state index in [0.717, 1.165) is 38.7 Å². The van der Waals surface area contributed by atoms with E-state index in [0.29, 0.717) is 74.7 Å². The Kier molecular flexibility index (Phi) is 15.3. The monoisotopic (exact) mass is 993 g/mol. The van der Waals surface area contributed by atoms with Crippen molar-refractivity contribution < 1.29 is 41.8 Å². The van der Waals surface area contributed by atoms with Gasteiger partial charge in [-0.05, 0) is 142 Å². The van der Waals surface area contributed by atoms with Crippen LogP contribution in [-0.4, -0.2) is 76.0 Å². The second kappa shape index (κ2) is 21.0. The Morgan fingerprint density at radius 2 is 1.54 bits per heavy atom. The number of carbonyl (C=O) groups excluding carboxylic acids is 4. The number of thiazole rings is 1. The summed E-state index contributed by atoms with van der Waals surface area (Å²) in [6.45, 7) is 12.4. The summed E-state index contributed by atoms with van der Waals surface area (Å²) in [6, 6.07) is 24.6. The molecule has 0 bridgehead atoms. The second-order valence-corrected chi connectivity index (χ2v) is 19.9. The number of aryl methyl sites for hydroxylation is 1. The number of nitriles is 1. The summed E-state index contributed by atoms with van der Waals surface area (Å²) in [5, 5.41) is 15.2. The van der Waals surface area contributed by atoms with Crippen LogP contribution in [0.5, 0.6) is 11.5 Å². The van der Waals surface area contributed by atoms with Gasteiger partial charge in [0.05, 0.1) is 52.2 Å². The molecule has 2 saturated heterocycles. The van der Waals surface area contributed by atoms with Crippen molar-refractivity contribution in [3.63, 3.8) is 0 Å². The van der Waals surface area contributed by atoms with Crippen molar-refractivity contribution in [2.75, 3.05) is 29.6 Å². The summed E-state index contributed by atoms with van der Waals surface area (Å²) in [5.74, 6) is -0.356. The molecule has 2 N–H and O–H groups in total. The van der Waals surface area contributed by atoms with Crippen molar-refractivity contribution >= 4 is 63.7 Å². The van der Waals surface area contributed by atoms with Gasteiger partial charge < -0.3 is 29.9 Å². The maximum Gasteiger partial charge on any atom is 0.417 e. The largest absolute Gasteiger partial charge is 0.494 e. The first-order valence-electron chi connectivity index (χ1n) is 22.8. The molecule has 2 aliphatic rings. The van der Waals surface area contributed by atoms with Gasteiger partial charge in [-0.25, -0.2) is 4.98 Å². The average Bonchev–Trinajstić information content (AvgIpc) is 4.04. The lowest BCUT2D eigenvalue weighted by Gasteiger charge is -2.35. The molecule has 4 amide bonds. The number of likely N-dealkylation sites (tertiary alicyclic amines) is 1. The topological polar surface area (TPSA) is 157 Å². The molecular weight excluding hydrogens is 940 g/mol. The van der Waals surface area contributed by atoms with Crippen LogP contribution < -0.4 is 29.9 Å². The standard InChI is InChI=1S/C52H54F3N7O6S2/c1-32-43(70-31-58-32)34-13-11-33(12-14-34)30-57-46(64)42-10-9-25-60(42)47(65)44(50(2,3)4)59-45(63)35-16-21-39(22-17-35)67-26-7-8-27-68-40-23-19-37(20-24-40)62-49(69)61(48(66)51(62,5)6)38-18-15-36(29-56)41(28-38)52(53,54)55/h11-24,28,31,42,44H,7-10,25-27,30H2,1-6H3,(H,57,64)(H,59,63)/t42-,44?/m0/s1. The van der Waals surface area contributed by atoms with Crippen molar-refractivity contribution in [1.82, 2.24) is 20.5 Å². The van der Waals surface area contributed by atoms with E-state index >= 15 is 0 Å². The van der Waals surface area contributed by atoms with Gasteiger partial charge in [-0.2, -0.15) is 18.4 Å². The third-order valence-electron chi connectivity index (χ3n) is 12.3. The van der Waals surface area contributed by atoms with Gasteiger partial charge in [0.25, 0.3) is 11.8 Å². The van der Waals surface area contributed by atoms with Crippen LogP contribution in [0.15, 0.2) is 96.5 Å². The predicted octanol–water partition coefficient (Wildman–Crippen LogP) is 9.62. The van der Waals surface area contributed by atoms with Crippen molar-refractivity contribution in [1.29, 1.82) is 5.26 Å². The van der Waals surface area contributed by atoms with Crippen LogP contribution >= 0.6 is 23.6 Å². The number of unbranched alkanes of at least 4 members (excludes halogenated alkanes) is 1. The maximum atomic E-state index is 14.1. The van der Waals surface area contributed by atoms with E-state index in [1.165, 1.54) is 6.07 Å². The minimum atomic E-state index is -4.80. The zero-order chi connectivity index (χ0) is 50.5. The number of aromatic nitrogens is 1. The first-order chi connectivity index (χ1) is 33.2. The van der Waals surface area contributed by atoms with Crippen LogP contribution in [0.3, 0.4) is 0 Å². The quantitative estimate of drug-likeness (QED) is 0.0721. The number of alkyl halides is 3. The summed E-state index contributed by atoms with van der Waals surface area (Å²) in [7, 11) is 0. The molecule has 1 aromatic heterocycles. The Morgan fingerprint density at radius 3 is 2.11 bits per heavy atom. The van der Waals surface area contributed by atoms with Gasteiger partial charge in [0, 0.05) is 24.3 Å².